The smallest absolute Gasteiger partial charge is 0.230 e. The predicted molar refractivity (Wildman–Crippen MR) is 129 cm³/mol. The largest absolute Gasteiger partial charge is 0.355 e. The van der Waals surface area contributed by atoms with E-state index in [2.05, 4.69) is 39.1 Å². The van der Waals surface area contributed by atoms with Crippen molar-refractivity contribution in [2.24, 2.45) is 0 Å². The maximum Gasteiger partial charge on any atom is 0.230 e. The van der Waals surface area contributed by atoms with Crippen LogP contribution < -0.4 is 5.32 Å². The molecule has 0 aliphatic heterocycles. The molecule has 0 radical (unpaired) electrons. The zero-order valence-electron chi connectivity index (χ0n) is 16.8. The lowest BCUT2D eigenvalue weighted by Crippen LogP contribution is -2.27. The van der Waals surface area contributed by atoms with E-state index in [0.29, 0.717) is 18.7 Å². The molecule has 0 aliphatic carbocycles. The molecule has 0 saturated carbocycles. The van der Waals surface area contributed by atoms with Gasteiger partial charge >= 0.3 is 0 Å². The third-order valence-corrected chi connectivity index (χ3v) is 7.21. The number of amides is 1. The molecule has 1 N–H and O–H groups in total. The number of hydrogen-bond donors (Lipinski definition) is 1. The van der Waals surface area contributed by atoms with Crippen molar-refractivity contribution >= 4 is 40.8 Å². The van der Waals surface area contributed by atoms with Gasteiger partial charge in [-0.1, -0.05) is 54.2 Å². The van der Waals surface area contributed by atoms with Crippen LogP contribution in [0.15, 0.2) is 88.2 Å². The second-order valence-electron chi connectivity index (χ2n) is 6.63. The van der Waals surface area contributed by atoms with Crippen molar-refractivity contribution in [3.63, 3.8) is 0 Å². The van der Waals surface area contributed by atoms with Crippen LogP contribution in [0.5, 0.6) is 0 Å². The maximum absolute atomic E-state index is 12.3. The van der Waals surface area contributed by atoms with Gasteiger partial charge in [-0.05, 0) is 35.7 Å². The average Bonchev–Trinajstić information content (AvgIpc) is 3.47. The number of thioether (sulfide) groups is 2. The van der Waals surface area contributed by atoms with Crippen LogP contribution in [0.1, 0.15) is 10.7 Å². The fourth-order valence-electron chi connectivity index (χ4n) is 2.97. The first-order chi connectivity index (χ1) is 15.3. The molecular formula is C23H22N4OS3. The van der Waals surface area contributed by atoms with Crippen LogP contribution in [-0.4, -0.2) is 38.7 Å². The number of nitrogens with one attached hydrogen (secondary N) is 1. The fourth-order valence-corrected chi connectivity index (χ4v) is 5.26. The summed E-state index contributed by atoms with van der Waals surface area (Å²) in [6.45, 7) is 0.633. The molecule has 0 saturated heterocycles. The van der Waals surface area contributed by atoms with Crippen LogP contribution in [0.4, 0.5) is 0 Å². The minimum absolute atomic E-state index is 0.00100. The second kappa shape index (κ2) is 11.2. The summed E-state index contributed by atoms with van der Waals surface area (Å²) < 4.78 is 2.04. The lowest BCUT2D eigenvalue weighted by molar-refractivity contribution is -0.118. The van der Waals surface area contributed by atoms with Crippen LogP contribution in [0.2, 0.25) is 0 Å². The Morgan fingerprint density at radius 2 is 1.71 bits per heavy atom. The van der Waals surface area contributed by atoms with E-state index >= 15 is 0 Å². The van der Waals surface area contributed by atoms with Gasteiger partial charge in [0.2, 0.25) is 5.91 Å². The number of rotatable bonds is 10. The molecule has 0 aliphatic rings. The minimum Gasteiger partial charge on any atom is -0.355 e. The predicted octanol–water partition coefficient (Wildman–Crippen LogP) is 4.92. The highest BCUT2D eigenvalue weighted by Gasteiger charge is 2.16. The first kappa shape index (κ1) is 21.7. The van der Waals surface area contributed by atoms with Gasteiger partial charge in [-0.15, -0.1) is 33.3 Å². The van der Waals surface area contributed by atoms with Gasteiger partial charge in [0.15, 0.2) is 5.16 Å². The van der Waals surface area contributed by atoms with Crippen molar-refractivity contribution in [3.8, 4) is 5.69 Å². The third-order valence-electron chi connectivity index (χ3n) is 4.40. The number of carbonyl (C=O) groups is 1. The van der Waals surface area contributed by atoms with Gasteiger partial charge in [0.1, 0.15) is 5.82 Å². The van der Waals surface area contributed by atoms with Crippen LogP contribution in [0, 0.1) is 0 Å². The van der Waals surface area contributed by atoms with Crippen molar-refractivity contribution in [3.05, 3.63) is 88.9 Å². The summed E-state index contributed by atoms with van der Waals surface area (Å²) >= 11 is 4.85. The monoisotopic (exact) mass is 466 g/mol. The van der Waals surface area contributed by atoms with E-state index in [4.69, 9.17) is 0 Å². The van der Waals surface area contributed by atoms with Gasteiger partial charge in [0.05, 0.1) is 5.75 Å². The standard InChI is InChI=1S/C23H22N4OS3/c28-22(24-13-15-30-19-10-5-2-6-11-19)17-31-23-26-25-21(16-20-12-7-14-29-20)27(23)18-8-3-1-4-9-18/h1-12,14H,13,15-17H2,(H,24,28). The topological polar surface area (TPSA) is 59.8 Å². The van der Waals surface area contributed by atoms with E-state index in [-0.39, 0.29) is 5.91 Å². The summed E-state index contributed by atoms with van der Waals surface area (Å²) in [5.74, 6) is 2.02. The normalized spacial score (nSPS) is 10.8. The molecule has 8 heteroatoms. The van der Waals surface area contributed by atoms with E-state index in [1.54, 1.807) is 23.1 Å². The lowest BCUT2D eigenvalue weighted by Gasteiger charge is -2.10. The highest BCUT2D eigenvalue weighted by Crippen LogP contribution is 2.24. The fraction of sp³-hybridized carbons (Fsp3) is 0.174. The Kier molecular flexibility index (Phi) is 7.81. The molecule has 4 aromatic rings. The molecule has 0 fully saturated rings. The van der Waals surface area contributed by atoms with E-state index in [1.165, 1.54) is 21.5 Å². The van der Waals surface area contributed by atoms with E-state index < -0.39 is 0 Å². The molecule has 158 valence electrons. The number of carbonyl (C=O) groups excluding carboxylic acids is 1. The van der Waals surface area contributed by atoms with Crippen LogP contribution >= 0.6 is 34.9 Å². The summed E-state index contributed by atoms with van der Waals surface area (Å²) in [7, 11) is 0. The molecule has 2 aromatic carbocycles. The number of thiophene rings is 1. The lowest BCUT2D eigenvalue weighted by atomic mass is 10.3. The summed E-state index contributed by atoms with van der Waals surface area (Å²) in [5.41, 5.74) is 1.00. The number of benzene rings is 2. The molecule has 2 aromatic heterocycles. The molecule has 0 atom stereocenters. The molecular weight excluding hydrogens is 444 g/mol. The van der Waals surface area contributed by atoms with Gasteiger partial charge in [-0.2, -0.15) is 0 Å². The van der Waals surface area contributed by atoms with E-state index in [1.807, 2.05) is 59.2 Å². The minimum atomic E-state index is 0.00100. The Morgan fingerprint density at radius 3 is 2.45 bits per heavy atom. The summed E-state index contributed by atoms with van der Waals surface area (Å²) in [6.07, 6.45) is 0.711. The van der Waals surface area contributed by atoms with Gasteiger partial charge in [-0.3, -0.25) is 9.36 Å². The first-order valence-corrected chi connectivity index (χ1v) is 12.7. The molecule has 0 bridgehead atoms. The molecule has 1 amide bonds. The van der Waals surface area contributed by atoms with Crippen LogP contribution in [0.3, 0.4) is 0 Å². The molecule has 4 rings (SSSR count). The molecule has 5 nitrogen and oxygen atoms in total. The summed E-state index contributed by atoms with van der Waals surface area (Å²) in [6, 6.07) is 24.4. The Balaban J connectivity index is 1.35. The number of nitrogens with zero attached hydrogens (tertiary/aromatic N) is 3. The van der Waals surface area contributed by atoms with Crippen molar-refractivity contribution in [1.29, 1.82) is 0 Å². The van der Waals surface area contributed by atoms with Crippen LogP contribution in [0.25, 0.3) is 5.69 Å². The van der Waals surface area contributed by atoms with Gasteiger partial charge in [-0.25, -0.2) is 0 Å². The quantitative estimate of drug-likeness (QED) is 0.266. The van der Waals surface area contributed by atoms with Crippen molar-refractivity contribution < 1.29 is 4.79 Å². The van der Waals surface area contributed by atoms with E-state index in [9.17, 15) is 4.79 Å². The van der Waals surface area contributed by atoms with Crippen LogP contribution in [-0.2, 0) is 11.2 Å². The maximum atomic E-state index is 12.3. The van der Waals surface area contributed by atoms with Gasteiger partial charge in [0, 0.05) is 34.2 Å². The third kappa shape index (κ3) is 6.22. The Hall–Kier alpha value is -2.55. The van der Waals surface area contributed by atoms with Crippen molar-refractivity contribution in [2.45, 2.75) is 16.5 Å². The average molecular weight is 467 g/mol. The molecule has 2 heterocycles. The van der Waals surface area contributed by atoms with E-state index in [0.717, 1.165) is 22.4 Å². The highest BCUT2D eigenvalue weighted by molar-refractivity contribution is 7.99. The molecule has 0 spiro atoms. The van der Waals surface area contributed by atoms with Crippen molar-refractivity contribution in [2.75, 3.05) is 18.1 Å². The Bertz CT molecular complexity index is 1080. The number of para-hydroxylation sites is 1. The SMILES string of the molecule is O=C(CSc1nnc(Cc2cccs2)n1-c1ccccc1)NCCSc1ccccc1. The highest BCUT2D eigenvalue weighted by atomic mass is 32.2. The van der Waals surface area contributed by atoms with Crippen molar-refractivity contribution in [1.82, 2.24) is 20.1 Å². The molecule has 31 heavy (non-hydrogen) atoms. The Labute approximate surface area is 194 Å². The van der Waals surface area contributed by atoms with Gasteiger partial charge < -0.3 is 5.32 Å². The number of aromatic nitrogens is 3. The summed E-state index contributed by atoms with van der Waals surface area (Å²) in [5, 5.41) is 14.6. The zero-order valence-corrected chi connectivity index (χ0v) is 19.3. The zero-order chi connectivity index (χ0) is 21.3. The summed E-state index contributed by atoms with van der Waals surface area (Å²) in [4.78, 5) is 14.8. The first-order valence-electron chi connectivity index (χ1n) is 9.89. The van der Waals surface area contributed by atoms with Gasteiger partial charge in [0.25, 0.3) is 0 Å². The second-order valence-corrected chi connectivity index (χ2v) is 9.77. The molecule has 0 unspecified atom stereocenters. The Morgan fingerprint density at radius 1 is 0.935 bits per heavy atom. The number of hydrogen-bond acceptors (Lipinski definition) is 6.